The fourth-order valence-electron chi connectivity index (χ4n) is 3.28. The number of carbonyl (C=O) groups excluding carboxylic acids is 1. The maximum Gasteiger partial charge on any atom is 0.136 e. The highest BCUT2D eigenvalue weighted by Gasteiger charge is 2.28. The van der Waals surface area contributed by atoms with E-state index in [0.717, 1.165) is 32.1 Å². The molecule has 2 rings (SSSR count). The van der Waals surface area contributed by atoms with E-state index >= 15 is 0 Å². The number of allylic oxidation sites excluding steroid dienone is 1. The maximum absolute atomic E-state index is 12.1. The topological polar surface area (TPSA) is 17.1 Å². The van der Waals surface area contributed by atoms with Crippen molar-refractivity contribution < 1.29 is 4.79 Å². The Kier molecular flexibility index (Phi) is 6.04. The molecular weight excluding hydrogens is 244 g/mol. The lowest BCUT2D eigenvalue weighted by atomic mass is 9.75. The van der Waals surface area contributed by atoms with Gasteiger partial charge < -0.3 is 0 Å². The summed E-state index contributed by atoms with van der Waals surface area (Å²) in [6.07, 6.45) is 10.7. The Labute approximate surface area is 123 Å². The van der Waals surface area contributed by atoms with Crippen LogP contribution in [0.3, 0.4) is 0 Å². The number of carbonyl (C=O) groups is 1. The van der Waals surface area contributed by atoms with Gasteiger partial charge in [0.15, 0.2) is 0 Å². The molecule has 1 heteroatoms. The van der Waals surface area contributed by atoms with Crippen molar-refractivity contribution in [2.75, 3.05) is 0 Å². The summed E-state index contributed by atoms with van der Waals surface area (Å²) < 4.78 is 0. The first-order valence-electron chi connectivity index (χ1n) is 8.00. The molecule has 0 N–H and O–H groups in total. The normalized spacial score (nSPS) is 22.7. The van der Waals surface area contributed by atoms with Crippen LogP contribution >= 0.6 is 0 Å². The molecule has 0 saturated heterocycles. The summed E-state index contributed by atoms with van der Waals surface area (Å²) in [7, 11) is 0. The molecule has 0 aliphatic heterocycles. The Hall–Kier alpha value is -1.37. The van der Waals surface area contributed by atoms with E-state index in [1.165, 1.54) is 24.8 Å². The van der Waals surface area contributed by atoms with Gasteiger partial charge in [-0.1, -0.05) is 49.2 Å². The quantitative estimate of drug-likeness (QED) is 0.487. The van der Waals surface area contributed by atoms with E-state index in [-0.39, 0.29) is 0 Å². The van der Waals surface area contributed by atoms with Crippen molar-refractivity contribution in [1.29, 1.82) is 0 Å². The van der Waals surface area contributed by atoms with Crippen LogP contribution in [0.1, 0.15) is 62.8 Å². The number of ketones is 1. The van der Waals surface area contributed by atoms with E-state index in [4.69, 9.17) is 0 Å². The van der Waals surface area contributed by atoms with Crippen molar-refractivity contribution in [2.24, 2.45) is 5.92 Å². The number of rotatable bonds is 7. The molecule has 1 aromatic carbocycles. The van der Waals surface area contributed by atoms with Gasteiger partial charge >= 0.3 is 0 Å². The SMILES string of the molecule is C=CCCCCCC1CC(c2ccccc2)CCC1=O. The average Bonchev–Trinajstić information content (AvgIpc) is 2.49. The molecule has 1 fully saturated rings. The number of Topliss-reactive ketones (excluding diaryl/α,β-unsaturated/α-hetero) is 1. The first-order chi connectivity index (χ1) is 9.81. The van der Waals surface area contributed by atoms with Crippen LogP contribution in [0, 0.1) is 5.92 Å². The Balaban J connectivity index is 1.82. The highest BCUT2D eigenvalue weighted by atomic mass is 16.1. The van der Waals surface area contributed by atoms with Gasteiger partial charge in [-0.15, -0.1) is 6.58 Å². The zero-order chi connectivity index (χ0) is 14.2. The predicted molar refractivity (Wildman–Crippen MR) is 84.8 cm³/mol. The zero-order valence-corrected chi connectivity index (χ0v) is 12.4. The van der Waals surface area contributed by atoms with E-state index in [1.54, 1.807) is 0 Å². The van der Waals surface area contributed by atoms with E-state index in [2.05, 4.69) is 36.9 Å². The minimum absolute atomic E-state index is 0.303. The first kappa shape index (κ1) is 15.0. The monoisotopic (exact) mass is 270 g/mol. The van der Waals surface area contributed by atoms with Gasteiger partial charge in [-0.05, 0) is 43.6 Å². The highest BCUT2D eigenvalue weighted by molar-refractivity contribution is 5.82. The van der Waals surface area contributed by atoms with E-state index in [9.17, 15) is 4.79 Å². The number of hydrogen-bond donors (Lipinski definition) is 0. The smallest absolute Gasteiger partial charge is 0.136 e. The minimum Gasteiger partial charge on any atom is -0.299 e. The lowest BCUT2D eigenvalue weighted by Crippen LogP contribution is -2.23. The van der Waals surface area contributed by atoms with Gasteiger partial charge in [0.2, 0.25) is 0 Å². The molecule has 2 unspecified atom stereocenters. The van der Waals surface area contributed by atoms with Crippen molar-refractivity contribution in [2.45, 2.75) is 57.3 Å². The van der Waals surface area contributed by atoms with Crippen LogP contribution in [0.15, 0.2) is 43.0 Å². The molecule has 1 aromatic rings. The predicted octanol–water partition coefficient (Wildman–Crippen LogP) is 5.28. The second kappa shape index (κ2) is 8.04. The third-order valence-electron chi connectivity index (χ3n) is 4.50. The minimum atomic E-state index is 0.303. The number of benzene rings is 1. The van der Waals surface area contributed by atoms with Gasteiger partial charge in [0, 0.05) is 12.3 Å². The summed E-state index contributed by atoms with van der Waals surface area (Å²) in [6.45, 7) is 3.75. The summed E-state index contributed by atoms with van der Waals surface area (Å²) >= 11 is 0. The van der Waals surface area contributed by atoms with Gasteiger partial charge in [-0.3, -0.25) is 4.79 Å². The van der Waals surface area contributed by atoms with E-state index < -0.39 is 0 Å². The van der Waals surface area contributed by atoms with Gasteiger partial charge in [-0.25, -0.2) is 0 Å². The van der Waals surface area contributed by atoms with Crippen molar-refractivity contribution >= 4 is 5.78 Å². The summed E-state index contributed by atoms with van der Waals surface area (Å²) in [5.74, 6) is 1.39. The molecule has 1 aliphatic carbocycles. The molecule has 0 amide bonds. The molecule has 0 heterocycles. The Morgan fingerprint density at radius 2 is 1.95 bits per heavy atom. The number of unbranched alkanes of at least 4 members (excludes halogenated alkanes) is 3. The van der Waals surface area contributed by atoms with Gasteiger partial charge in [-0.2, -0.15) is 0 Å². The lowest BCUT2D eigenvalue weighted by molar-refractivity contribution is -0.125. The summed E-state index contributed by atoms with van der Waals surface area (Å²) in [5, 5.41) is 0. The zero-order valence-electron chi connectivity index (χ0n) is 12.4. The number of hydrogen-bond acceptors (Lipinski definition) is 1. The fraction of sp³-hybridized carbons (Fsp3) is 0.526. The van der Waals surface area contributed by atoms with E-state index in [1.807, 2.05) is 6.08 Å². The van der Waals surface area contributed by atoms with Crippen LogP contribution in [-0.4, -0.2) is 5.78 Å². The van der Waals surface area contributed by atoms with E-state index in [0.29, 0.717) is 17.6 Å². The standard InChI is InChI=1S/C19H26O/c1-2-3-4-5-7-12-18-15-17(13-14-19(18)20)16-10-8-6-9-11-16/h2,6,8-11,17-18H,1,3-5,7,12-15H2. The van der Waals surface area contributed by atoms with Gasteiger partial charge in [0.25, 0.3) is 0 Å². The third kappa shape index (κ3) is 4.33. The van der Waals surface area contributed by atoms with Gasteiger partial charge in [0.05, 0.1) is 0 Å². The molecule has 20 heavy (non-hydrogen) atoms. The molecule has 1 aliphatic rings. The summed E-state index contributed by atoms with van der Waals surface area (Å²) in [5.41, 5.74) is 1.41. The molecule has 0 bridgehead atoms. The van der Waals surface area contributed by atoms with Crippen molar-refractivity contribution in [3.8, 4) is 0 Å². The molecule has 1 saturated carbocycles. The first-order valence-corrected chi connectivity index (χ1v) is 8.00. The fourth-order valence-corrected chi connectivity index (χ4v) is 3.28. The van der Waals surface area contributed by atoms with Crippen LogP contribution < -0.4 is 0 Å². The van der Waals surface area contributed by atoms with Crippen molar-refractivity contribution in [3.63, 3.8) is 0 Å². The Bertz CT molecular complexity index is 421. The highest BCUT2D eigenvalue weighted by Crippen LogP contribution is 2.36. The Morgan fingerprint density at radius 3 is 2.70 bits per heavy atom. The molecule has 0 radical (unpaired) electrons. The largest absolute Gasteiger partial charge is 0.299 e. The summed E-state index contributed by atoms with van der Waals surface area (Å²) in [6, 6.07) is 10.7. The second-order valence-electron chi connectivity index (χ2n) is 5.97. The average molecular weight is 270 g/mol. The molecular formula is C19H26O. The summed E-state index contributed by atoms with van der Waals surface area (Å²) in [4.78, 5) is 12.1. The van der Waals surface area contributed by atoms with Crippen LogP contribution in [0.4, 0.5) is 0 Å². The van der Waals surface area contributed by atoms with Crippen molar-refractivity contribution in [3.05, 3.63) is 48.6 Å². The van der Waals surface area contributed by atoms with Crippen molar-refractivity contribution in [1.82, 2.24) is 0 Å². The molecule has 108 valence electrons. The van der Waals surface area contributed by atoms with Crippen LogP contribution in [0.5, 0.6) is 0 Å². The second-order valence-corrected chi connectivity index (χ2v) is 5.97. The maximum atomic E-state index is 12.1. The molecule has 2 atom stereocenters. The van der Waals surface area contributed by atoms with Gasteiger partial charge in [0.1, 0.15) is 5.78 Å². The Morgan fingerprint density at radius 1 is 1.15 bits per heavy atom. The molecule has 0 spiro atoms. The molecule has 1 nitrogen and oxygen atoms in total. The molecule has 0 aromatic heterocycles. The van der Waals surface area contributed by atoms with Crippen LogP contribution in [-0.2, 0) is 4.79 Å². The van der Waals surface area contributed by atoms with Crippen LogP contribution in [0.2, 0.25) is 0 Å². The van der Waals surface area contributed by atoms with Crippen LogP contribution in [0.25, 0.3) is 0 Å². The third-order valence-corrected chi connectivity index (χ3v) is 4.50. The lowest BCUT2D eigenvalue weighted by Gasteiger charge is -2.28.